The van der Waals surface area contributed by atoms with Gasteiger partial charge in [-0.2, -0.15) is 0 Å². The van der Waals surface area contributed by atoms with E-state index in [4.69, 9.17) is 4.74 Å². The highest BCUT2D eigenvalue weighted by atomic mass is 16.5. The Morgan fingerprint density at radius 3 is 2.80 bits per heavy atom. The summed E-state index contributed by atoms with van der Waals surface area (Å²) in [6.45, 7) is 0. The minimum absolute atomic E-state index is 0.0339. The third kappa shape index (κ3) is 3.08. The summed E-state index contributed by atoms with van der Waals surface area (Å²) in [7, 11) is 0. The summed E-state index contributed by atoms with van der Waals surface area (Å²) in [5.41, 5.74) is 1.25. The van der Waals surface area contributed by atoms with Gasteiger partial charge in [0.05, 0.1) is 0 Å². The van der Waals surface area contributed by atoms with Crippen LogP contribution in [0.15, 0.2) is 30.3 Å². The summed E-state index contributed by atoms with van der Waals surface area (Å²) < 4.78 is 5.38. The summed E-state index contributed by atoms with van der Waals surface area (Å²) in [5, 5.41) is 0. The molecule has 0 unspecified atom stereocenters. The molecule has 1 aliphatic rings. The van der Waals surface area contributed by atoms with E-state index in [0.29, 0.717) is 6.42 Å². The molecule has 2 nitrogen and oxygen atoms in total. The Morgan fingerprint density at radius 2 is 2.00 bits per heavy atom. The van der Waals surface area contributed by atoms with Crippen molar-refractivity contribution in [3.63, 3.8) is 0 Å². The first-order valence-corrected chi connectivity index (χ1v) is 5.58. The van der Waals surface area contributed by atoms with Gasteiger partial charge in [0, 0.05) is 12.8 Å². The SMILES string of the molecule is O=C1CCCC[C@H](Cc2ccccc2)O1. The molecule has 1 aromatic carbocycles. The van der Waals surface area contributed by atoms with Crippen molar-refractivity contribution < 1.29 is 9.53 Å². The highest BCUT2D eigenvalue weighted by Gasteiger charge is 2.18. The minimum atomic E-state index is -0.0339. The standard InChI is InChI=1S/C13H16O2/c14-13-9-5-4-8-12(15-13)10-11-6-2-1-3-7-11/h1-3,6-7,12H,4-5,8-10H2/t12-/m1/s1. The van der Waals surface area contributed by atoms with Crippen molar-refractivity contribution in [3.8, 4) is 0 Å². The molecule has 0 amide bonds. The smallest absolute Gasteiger partial charge is 0.306 e. The predicted octanol–water partition coefficient (Wildman–Crippen LogP) is 2.71. The lowest BCUT2D eigenvalue weighted by Gasteiger charge is -2.14. The summed E-state index contributed by atoms with van der Waals surface area (Å²) >= 11 is 0. The number of cyclic esters (lactones) is 1. The van der Waals surface area contributed by atoms with Gasteiger partial charge in [-0.05, 0) is 24.8 Å². The van der Waals surface area contributed by atoms with Crippen molar-refractivity contribution in [1.29, 1.82) is 0 Å². The van der Waals surface area contributed by atoms with Gasteiger partial charge in [-0.15, -0.1) is 0 Å². The highest BCUT2D eigenvalue weighted by molar-refractivity contribution is 5.69. The summed E-state index contributed by atoms with van der Waals surface area (Å²) in [6, 6.07) is 10.2. The van der Waals surface area contributed by atoms with Crippen molar-refractivity contribution in [2.75, 3.05) is 0 Å². The van der Waals surface area contributed by atoms with Crippen LogP contribution >= 0.6 is 0 Å². The first kappa shape index (κ1) is 10.2. The maximum atomic E-state index is 11.3. The molecule has 2 rings (SSSR count). The quantitative estimate of drug-likeness (QED) is 0.692. The average Bonchev–Trinajstić information content (AvgIpc) is 2.44. The van der Waals surface area contributed by atoms with Gasteiger partial charge >= 0.3 is 5.97 Å². The van der Waals surface area contributed by atoms with E-state index in [1.807, 2.05) is 18.2 Å². The molecule has 1 atom stereocenters. The maximum Gasteiger partial charge on any atom is 0.306 e. The van der Waals surface area contributed by atoms with Crippen LogP contribution in [-0.4, -0.2) is 12.1 Å². The van der Waals surface area contributed by atoms with E-state index < -0.39 is 0 Å². The van der Waals surface area contributed by atoms with E-state index in [1.54, 1.807) is 0 Å². The molecule has 15 heavy (non-hydrogen) atoms. The monoisotopic (exact) mass is 204 g/mol. The Morgan fingerprint density at radius 1 is 1.20 bits per heavy atom. The molecule has 0 spiro atoms. The first-order valence-electron chi connectivity index (χ1n) is 5.58. The van der Waals surface area contributed by atoms with Crippen LogP contribution in [0.3, 0.4) is 0 Å². The molecular formula is C13H16O2. The molecule has 0 bridgehead atoms. The van der Waals surface area contributed by atoms with Gasteiger partial charge in [0.2, 0.25) is 0 Å². The van der Waals surface area contributed by atoms with Crippen LogP contribution in [0.2, 0.25) is 0 Å². The van der Waals surface area contributed by atoms with Gasteiger partial charge in [-0.25, -0.2) is 0 Å². The number of esters is 1. The fraction of sp³-hybridized carbons (Fsp3) is 0.462. The Hall–Kier alpha value is -1.31. The molecule has 1 aliphatic heterocycles. The third-order valence-corrected chi connectivity index (χ3v) is 2.76. The summed E-state index contributed by atoms with van der Waals surface area (Å²) in [4.78, 5) is 11.3. The maximum absolute atomic E-state index is 11.3. The molecule has 2 heteroatoms. The molecule has 1 saturated heterocycles. The molecule has 1 fully saturated rings. The average molecular weight is 204 g/mol. The fourth-order valence-electron chi connectivity index (χ4n) is 1.97. The number of carbonyl (C=O) groups excluding carboxylic acids is 1. The normalized spacial score (nSPS) is 21.9. The summed E-state index contributed by atoms with van der Waals surface area (Å²) in [6.07, 6.45) is 4.61. The van der Waals surface area contributed by atoms with Crippen LogP contribution in [0.1, 0.15) is 31.2 Å². The van der Waals surface area contributed by atoms with Gasteiger partial charge in [0.1, 0.15) is 6.10 Å². The van der Waals surface area contributed by atoms with E-state index in [1.165, 1.54) is 5.56 Å². The number of rotatable bonds is 2. The lowest BCUT2D eigenvalue weighted by atomic mass is 10.0. The van der Waals surface area contributed by atoms with Crippen LogP contribution < -0.4 is 0 Å². The Labute approximate surface area is 90.3 Å². The van der Waals surface area contributed by atoms with Crippen molar-refractivity contribution >= 4 is 5.97 Å². The van der Waals surface area contributed by atoms with E-state index in [2.05, 4.69) is 12.1 Å². The first-order chi connectivity index (χ1) is 7.34. The van der Waals surface area contributed by atoms with Crippen molar-refractivity contribution in [1.82, 2.24) is 0 Å². The Balaban J connectivity index is 1.96. The van der Waals surface area contributed by atoms with Gasteiger partial charge in [-0.1, -0.05) is 30.3 Å². The van der Waals surface area contributed by atoms with Crippen LogP contribution in [-0.2, 0) is 16.0 Å². The van der Waals surface area contributed by atoms with Crippen LogP contribution in [0, 0.1) is 0 Å². The molecule has 1 aromatic rings. The van der Waals surface area contributed by atoms with E-state index in [-0.39, 0.29) is 12.1 Å². The second kappa shape index (κ2) is 4.96. The fourth-order valence-corrected chi connectivity index (χ4v) is 1.97. The van der Waals surface area contributed by atoms with Crippen molar-refractivity contribution in [2.45, 2.75) is 38.2 Å². The molecule has 0 N–H and O–H groups in total. The zero-order valence-electron chi connectivity index (χ0n) is 8.82. The molecule has 0 saturated carbocycles. The topological polar surface area (TPSA) is 26.3 Å². The van der Waals surface area contributed by atoms with E-state index in [9.17, 15) is 4.79 Å². The van der Waals surface area contributed by atoms with Gasteiger partial charge < -0.3 is 4.74 Å². The van der Waals surface area contributed by atoms with Gasteiger partial charge in [-0.3, -0.25) is 4.79 Å². The zero-order valence-corrected chi connectivity index (χ0v) is 8.82. The van der Waals surface area contributed by atoms with Gasteiger partial charge in [0.25, 0.3) is 0 Å². The lowest BCUT2D eigenvalue weighted by Crippen LogP contribution is -2.17. The number of benzene rings is 1. The van der Waals surface area contributed by atoms with E-state index >= 15 is 0 Å². The van der Waals surface area contributed by atoms with Gasteiger partial charge in [0.15, 0.2) is 0 Å². The number of ether oxygens (including phenoxy) is 1. The van der Waals surface area contributed by atoms with Crippen molar-refractivity contribution in [3.05, 3.63) is 35.9 Å². The number of hydrogen-bond acceptors (Lipinski definition) is 2. The molecule has 0 aliphatic carbocycles. The van der Waals surface area contributed by atoms with Crippen LogP contribution in [0.4, 0.5) is 0 Å². The number of hydrogen-bond donors (Lipinski definition) is 0. The lowest BCUT2D eigenvalue weighted by molar-refractivity contribution is -0.147. The largest absolute Gasteiger partial charge is 0.462 e. The molecule has 1 heterocycles. The van der Waals surface area contributed by atoms with E-state index in [0.717, 1.165) is 25.7 Å². The Bertz CT molecular complexity index is 319. The molecule has 80 valence electrons. The summed E-state index contributed by atoms with van der Waals surface area (Å²) in [5.74, 6) is -0.0339. The molecule has 0 aromatic heterocycles. The Kier molecular flexibility index (Phi) is 3.38. The zero-order chi connectivity index (χ0) is 10.5. The van der Waals surface area contributed by atoms with Crippen molar-refractivity contribution in [2.24, 2.45) is 0 Å². The second-order valence-electron chi connectivity index (χ2n) is 4.05. The predicted molar refractivity (Wildman–Crippen MR) is 58.5 cm³/mol. The molecular weight excluding hydrogens is 188 g/mol. The molecule has 0 radical (unpaired) electrons. The number of carbonyl (C=O) groups is 1. The van der Waals surface area contributed by atoms with Crippen LogP contribution in [0.5, 0.6) is 0 Å². The minimum Gasteiger partial charge on any atom is -0.462 e. The highest BCUT2D eigenvalue weighted by Crippen LogP contribution is 2.17. The third-order valence-electron chi connectivity index (χ3n) is 2.76. The second-order valence-corrected chi connectivity index (χ2v) is 4.05. The van der Waals surface area contributed by atoms with Crippen LogP contribution in [0.25, 0.3) is 0 Å².